The van der Waals surface area contributed by atoms with Crippen LogP contribution in [0.2, 0.25) is 0 Å². The van der Waals surface area contributed by atoms with E-state index < -0.39 is 0 Å². The molecule has 32 heavy (non-hydrogen) atoms. The lowest BCUT2D eigenvalue weighted by atomic mass is 10.1. The first-order valence-electron chi connectivity index (χ1n) is 9.84. The normalized spacial score (nSPS) is 11.0. The molecule has 0 spiro atoms. The summed E-state index contributed by atoms with van der Waals surface area (Å²) in [6, 6.07) is 11.8. The number of aromatic amines is 1. The van der Waals surface area contributed by atoms with Gasteiger partial charge < -0.3 is 11.2 Å². The largest absolute Gasteiger partial charge is 0.335 e. The molecule has 0 aliphatic heterocycles. The van der Waals surface area contributed by atoms with Crippen LogP contribution in [0.1, 0.15) is 16.7 Å². The number of amides is 1. The van der Waals surface area contributed by atoms with E-state index in [2.05, 4.69) is 25.7 Å². The summed E-state index contributed by atoms with van der Waals surface area (Å²) in [5, 5.41) is 18.6. The summed E-state index contributed by atoms with van der Waals surface area (Å²) < 4.78 is 14.4. The van der Waals surface area contributed by atoms with Gasteiger partial charge in [-0.05, 0) is 62.2 Å². The molecular weight excluding hydrogens is 429 g/mol. The number of hydrogen-bond acceptors (Lipinski definition) is 6. The lowest BCUT2D eigenvalue weighted by Crippen LogP contribution is -2.17. The van der Waals surface area contributed by atoms with Crippen LogP contribution in [-0.2, 0) is 4.79 Å². The zero-order valence-electron chi connectivity index (χ0n) is 17.8. The number of benzene rings is 2. The minimum Gasteiger partial charge on any atom is -0.335 e. The van der Waals surface area contributed by atoms with Crippen molar-refractivity contribution in [3.63, 3.8) is 0 Å². The number of aromatic nitrogens is 5. The van der Waals surface area contributed by atoms with E-state index in [-0.39, 0.29) is 17.5 Å². The zero-order chi connectivity index (χ0) is 22.8. The van der Waals surface area contributed by atoms with Crippen molar-refractivity contribution in [1.82, 2.24) is 25.1 Å². The van der Waals surface area contributed by atoms with E-state index in [1.54, 1.807) is 18.2 Å². The number of nitrogens with one attached hydrogen (secondary N) is 2. The third-order valence-electron chi connectivity index (χ3n) is 4.90. The topological polar surface area (TPSA) is 115 Å². The lowest BCUT2D eigenvalue weighted by Gasteiger charge is -2.12. The van der Waals surface area contributed by atoms with Crippen LogP contribution in [0.4, 0.5) is 10.1 Å². The number of halogens is 1. The Bertz CT molecular complexity index is 1260. The molecule has 0 aliphatic carbocycles. The molecule has 2 aromatic carbocycles. The molecule has 4 rings (SSSR count). The number of nitrogens with zero attached hydrogens (tertiary/aromatic N) is 4. The second-order valence-electron chi connectivity index (χ2n) is 7.46. The molecule has 0 fully saturated rings. The Balaban J connectivity index is 1.44. The van der Waals surface area contributed by atoms with Crippen molar-refractivity contribution in [3.8, 4) is 22.8 Å². The van der Waals surface area contributed by atoms with E-state index in [1.165, 1.54) is 28.6 Å². The highest BCUT2D eigenvalue weighted by atomic mass is 32.2. The Morgan fingerprint density at radius 3 is 2.50 bits per heavy atom. The highest BCUT2D eigenvalue weighted by Gasteiger charge is 2.17. The molecule has 2 heterocycles. The first-order chi connectivity index (χ1) is 15.3. The van der Waals surface area contributed by atoms with Crippen LogP contribution < -0.4 is 11.2 Å². The van der Waals surface area contributed by atoms with E-state index in [0.717, 1.165) is 27.9 Å². The molecule has 0 unspecified atom stereocenters. The van der Waals surface area contributed by atoms with Gasteiger partial charge in [0.15, 0.2) is 0 Å². The molecule has 0 atom stereocenters. The van der Waals surface area contributed by atoms with Crippen molar-refractivity contribution in [3.05, 3.63) is 65.0 Å². The van der Waals surface area contributed by atoms with E-state index in [9.17, 15) is 9.18 Å². The summed E-state index contributed by atoms with van der Waals surface area (Å²) in [4.78, 5) is 12.5. The van der Waals surface area contributed by atoms with Crippen LogP contribution in [0, 0.1) is 26.6 Å². The highest BCUT2D eigenvalue weighted by Crippen LogP contribution is 2.26. The molecule has 0 radical (unpaired) electrons. The Morgan fingerprint density at radius 1 is 1.12 bits per heavy atom. The SMILES string of the molecule is Cc1cc(C)c(NC(=O)CSc2nnc(-c3cc(-c4ccc(F)cc4)n[nH]3)n2N)c(C)c1. The molecule has 10 heteroatoms. The van der Waals surface area contributed by atoms with Gasteiger partial charge in [0.2, 0.25) is 16.9 Å². The predicted octanol–water partition coefficient (Wildman–Crippen LogP) is 3.84. The fraction of sp³-hybridized carbons (Fsp3) is 0.182. The van der Waals surface area contributed by atoms with Crippen molar-refractivity contribution in [1.29, 1.82) is 0 Å². The van der Waals surface area contributed by atoms with Crippen molar-refractivity contribution < 1.29 is 9.18 Å². The van der Waals surface area contributed by atoms with Gasteiger partial charge in [-0.2, -0.15) is 5.10 Å². The number of nitrogen functional groups attached to an aromatic ring is 1. The summed E-state index contributed by atoms with van der Waals surface area (Å²) in [5.74, 6) is 6.18. The van der Waals surface area contributed by atoms with Gasteiger partial charge in [-0.3, -0.25) is 9.89 Å². The Hall–Kier alpha value is -3.66. The van der Waals surface area contributed by atoms with E-state index in [0.29, 0.717) is 22.4 Å². The number of anilines is 1. The third kappa shape index (κ3) is 4.50. The number of carbonyl (C=O) groups excluding carboxylic acids is 1. The van der Waals surface area contributed by atoms with Crippen LogP contribution in [0.5, 0.6) is 0 Å². The zero-order valence-corrected chi connectivity index (χ0v) is 18.6. The molecular formula is C22H22FN7OS. The Morgan fingerprint density at radius 2 is 1.81 bits per heavy atom. The third-order valence-corrected chi connectivity index (χ3v) is 5.84. The van der Waals surface area contributed by atoms with Crippen LogP contribution in [-0.4, -0.2) is 36.7 Å². The summed E-state index contributed by atoms with van der Waals surface area (Å²) in [5.41, 5.74) is 5.94. The van der Waals surface area contributed by atoms with Gasteiger partial charge in [-0.15, -0.1) is 10.2 Å². The van der Waals surface area contributed by atoms with Crippen molar-refractivity contribution >= 4 is 23.4 Å². The summed E-state index contributed by atoms with van der Waals surface area (Å²) >= 11 is 1.19. The Labute approximate surface area is 188 Å². The summed E-state index contributed by atoms with van der Waals surface area (Å²) in [7, 11) is 0. The van der Waals surface area contributed by atoms with Crippen molar-refractivity contribution in [2.45, 2.75) is 25.9 Å². The number of hydrogen-bond donors (Lipinski definition) is 3. The van der Waals surface area contributed by atoms with Gasteiger partial charge in [-0.1, -0.05) is 29.5 Å². The standard InChI is InChI=1S/C22H22FN7OS/c1-12-8-13(2)20(14(3)9-12)25-19(31)11-32-22-29-28-21(30(22)24)18-10-17(26-27-18)15-4-6-16(23)7-5-15/h4-10H,11,24H2,1-3H3,(H,25,31)(H,26,27). The molecule has 4 aromatic rings. The van der Waals surface area contributed by atoms with Gasteiger partial charge in [0.05, 0.1) is 11.4 Å². The maximum atomic E-state index is 13.1. The maximum absolute atomic E-state index is 13.1. The molecule has 0 saturated carbocycles. The van der Waals surface area contributed by atoms with E-state index in [1.807, 2.05) is 32.9 Å². The Kier molecular flexibility index (Phi) is 5.95. The van der Waals surface area contributed by atoms with E-state index >= 15 is 0 Å². The second-order valence-corrected chi connectivity index (χ2v) is 8.40. The lowest BCUT2D eigenvalue weighted by molar-refractivity contribution is -0.113. The van der Waals surface area contributed by atoms with Crippen molar-refractivity contribution in [2.75, 3.05) is 16.9 Å². The second kappa shape index (κ2) is 8.83. The number of carbonyl (C=O) groups is 1. The molecule has 0 bridgehead atoms. The number of H-pyrrole nitrogens is 1. The molecule has 2 aromatic heterocycles. The minimum absolute atomic E-state index is 0.131. The van der Waals surface area contributed by atoms with Gasteiger partial charge in [0.1, 0.15) is 11.5 Å². The molecule has 1 amide bonds. The number of nitrogens with two attached hydrogens (primary N) is 1. The molecule has 8 nitrogen and oxygen atoms in total. The predicted molar refractivity (Wildman–Crippen MR) is 123 cm³/mol. The molecule has 4 N–H and O–H groups in total. The fourth-order valence-corrected chi connectivity index (χ4v) is 4.10. The van der Waals surface area contributed by atoms with Crippen LogP contribution >= 0.6 is 11.8 Å². The minimum atomic E-state index is -0.315. The van der Waals surface area contributed by atoms with Gasteiger partial charge >= 0.3 is 0 Å². The maximum Gasteiger partial charge on any atom is 0.234 e. The first kappa shape index (κ1) is 21.6. The summed E-state index contributed by atoms with van der Waals surface area (Å²) in [6.45, 7) is 5.96. The highest BCUT2D eigenvalue weighted by molar-refractivity contribution is 7.99. The number of aryl methyl sites for hydroxylation is 3. The first-order valence-corrected chi connectivity index (χ1v) is 10.8. The van der Waals surface area contributed by atoms with Crippen molar-refractivity contribution in [2.24, 2.45) is 0 Å². The average molecular weight is 452 g/mol. The van der Waals surface area contributed by atoms with Gasteiger partial charge in [-0.25, -0.2) is 9.07 Å². The molecule has 0 aliphatic rings. The number of rotatable bonds is 6. The molecule has 0 saturated heterocycles. The quantitative estimate of drug-likeness (QED) is 0.303. The van der Waals surface area contributed by atoms with E-state index in [4.69, 9.17) is 5.84 Å². The monoisotopic (exact) mass is 451 g/mol. The average Bonchev–Trinajstić information content (AvgIpc) is 3.36. The van der Waals surface area contributed by atoms with Gasteiger partial charge in [0.25, 0.3) is 0 Å². The molecule has 164 valence electrons. The van der Waals surface area contributed by atoms with Crippen LogP contribution in [0.25, 0.3) is 22.8 Å². The fourth-order valence-electron chi connectivity index (χ4n) is 3.45. The summed E-state index contributed by atoms with van der Waals surface area (Å²) in [6.07, 6.45) is 0. The number of thioether (sulfide) groups is 1. The van der Waals surface area contributed by atoms with Gasteiger partial charge in [0, 0.05) is 11.3 Å². The van der Waals surface area contributed by atoms with Crippen LogP contribution in [0.3, 0.4) is 0 Å². The van der Waals surface area contributed by atoms with Crippen LogP contribution in [0.15, 0.2) is 47.6 Å². The smallest absolute Gasteiger partial charge is 0.234 e.